The molecule has 3 N–H and O–H groups in total. The summed E-state index contributed by atoms with van der Waals surface area (Å²) in [5, 5.41) is 10.1. The molecule has 6 fully saturated rings. The van der Waals surface area contributed by atoms with Gasteiger partial charge in [0.05, 0.1) is 18.1 Å². The average molecular weight is 636 g/mol. The topological polar surface area (TPSA) is 109 Å². The van der Waals surface area contributed by atoms with E-state index in [0.29, 0.717) is 24.2 Å². The van der Waals surface area contributed by atoms with Gasteiger partial charge in [-0.05, 0) is 125 Å². The Morgan fingerprint density at radius 2 is 1.61 bits per heavy atom. The summed E-state index contributed by atoms with van der Waals surface area (Å²) >= 11 is 0. The van der Waals surface area contributed by atoms with Crippen molar-refractivity contribution in [2.75, 3.05) is 0 Å². The number of carboxylic acids is 1. The van der Waals surface area contributed by atoms with Crippen molar-refractivity contribution in [2.24, 2.45) is 40.2 Å². The number of carbonyl (C=O) groups is 1. The van der Waals surface area contributed by atoms with Crippen molar-refractivity contribution in [3.05, 3.63) is 0 Å². The van der Waals surface area contributed by atoms with Crippen LogP contribution in [0.5, 0.6) is 0 Å². The molecule has 4 aliphatic carbocycles. The first-order valence-electron chi connectivity index (χ1n) is 17.6. The van der Waals surface area contributed by atoms with E-state index in [0.717, 1.165) is 51.4 Å². The maximum Gasteiger partial charge on any atom is 0.307 e. The fraction of sp³-hybridized carbons (Fsp3) is 0.971. The van der Waals surface area contributed by atoms with Crippen molar-refractivity contribution in [1.29, 1.82) is 0 Å². The Morgan fingerprint density at radius 3 is 2.27 bits per heavy atom. The first-order chi connectivity index (χ1) is 20.2. The molecular formula is C35H61NO7Si. The highest BCUT2D eigenvalue weighted by Gasteiger charge is 2.67. The van der Waals surface area contributed by atoms with E-state index in [-0.39, 0.29) is 57.8 Å². The minimum atomic E-state index is -2.07. The van der Waals surface area contributed by atoms with Gasteiger partial charge >= 0.3 is 5.97 Å². The second-order valence-corrected chi connectivity index (χ2v) is 22.8. The molecule has 2 saturated heterocycles. The van der Waals surface area contributed by atoms with E-state index in [4.69, 9.17) is 29.1 Å². The van der Waals surface area contributed by atoms with Crippen LogP contribution in [0.4, 0.5) is 0 Å². The van der Waals surface area contributed by atoms with Crippen molar-refractivity contribution in [2.45, 2.75) is 179 Å². The molecule has 0 unspecified atom stereocenters. The van der Waals surface area contributed by atoms with Gasteiger partial charge in [0, 0.05) is 5.54 Å². The Balaban J connectivity index is 1.15. The highest BCUT2D eigenvalue weighted by Crippen LogP contribution is 2.68. The van der Waals surface area contributed by atoms with Gasteiger partial charge in [-0.15, -0.1) is 0 Å². The third kappa shape index (κ3) is 5.09. The van der Waals surface area contributed by atoms with E-state index >= 15 is 0 Å². The largest absolute Gasteiger partial charge is 0.481 e. The Bertz CT molecular complexity index is 1120. The molecule has 0 aromatic heterocycles. The molecule has 0 spiro atoms. The van der Waals surface area contributed by atoms with Crippen LogP contribution >= 0.6 is 0 Å². The predicted octanol–water partition coefficient (Wildman–Crippen LogP) is 6.85. The van der Waals surface area contributed by atoms with Gasteiger partial charge in [0.15, 0.2) is 20.4 Å². The number of rotatable bonds is 5. The van der Waals surface area contributed by atoms with Crippen LogP contribution in [0, 0.1) is 34.5 Å². The van der Waals surface area contributed by atoms with E-state index in [1.54, 1.807) is 0 Å². The zero-order chi connectivity index (χ0) is 32.3. The van der Waals surface area contributed by atoms with Crippen molar-refractivity contribution in [1.82, 2.24) is 0 Å². The van der Waals surface area contributed by atoms with E-state index < -0.39 is 26.4 Å². The normalized spacial score (nSPS) is 50.3. The average Bonchev–Trinajstić information content (AvgIpc) is 3.38. The molecule has 2 heterocycles. The maximum atomic E-state index is 12.2. The lowest BCUT2D eigenvalue weighted by atomic mass is 9.42. The van der Waals surface area contributed by atoms with Crippen LogP contribution in [0.15, 0.2) is 0 Å². The predicted molar refractivity (Wildman–Crippen MR) is 171 cm³/mol. The van der Waals surface area contributed by atoms with E-state index in [1.165, 1.54) is 0 Å². The highest BCUT2D eigenvalue weighted by atomic mass is 28.4. The second kappa shape index (κ2) is 10.7. The molecule has 0 amide bonds. The van der Waals surface area contributed by atoms with Gasteiger partial charge in [0.25, 0.3) is 0 Å². The molecule has 6 aliphatic rings. The molecule has 0 aromatic rings. The van der Waals surface area contributed by atoms with Gasteiger partial charge in [0.1, 0.15) is 18.3 Å². The van der Waals surface area contributed by atoms with Crippen molar-refractivity contribution >= 4 is 14.3 Å². The minimum absolute atomic E-state index is 0.0779. The summed E-state index contributed by atoms with van der Waals surface area (Å²) in [4.78, 5) is 12.2. The first kappa shape index (κ1) is 33.4. The third-order valence-corrected chi connectivity index (χ3v) is 18.9. The van der Waals surface area contributed by atoms with Gasteiger partial charge in [-0.2, -0.15) is 0 Å². The van der Waals surface area contributed by atoms with Gasteiger partial charge in [-0.1, -0.05) is 34.6 Å². The van der Waals surface area contributed by atoms with Gasteiger partial charge in [0.2, 0.25) is 0 Å². The lowest BCUT2D eigenvalue weighted by Crippen LogP contribution is -2.67. The molecule has 252 valence electrons. The molecule has 0 radical (unpaired) electrons. The van der Waals surface area contributed by atoms with Crippen LogP contribution in [0.2, 0.25) is 18.1 Å². The smallest absolute Gasteiger partial charge is 0.307 e. The first-order valence-corrected chi connectivity index (χ1v) is 20.5. The van der Waals surface area contributed by atoms with Gasteiger partial charge in [-0.3, -0.25) is 4.79 Å². The fourth-order valence-electron chi connectivity index (χ4n) is 10.7. The lowest BCUT2D eigenvalue weighted by molar-refractivity contribution is -0.290. The number of aliphatic carboxylic acids is 1. The van der Waals surface area contributed by atoms with E-state index in [9.17, 15) is 9.90 Å². The summed E-state index contributed by atoms with van der Waals surface area (Å²) in [6.45, 7) is 22.1. The number of carboxylic acid groups (broad SMARTS) is 1. The fourth-order valence-corrected chi connectivity index (χ4v) is 12.1. The molecular weight excluding hydrogens is 574 g/mol. The standard InChI is InChI=1S/C35H61NO7Si/c1-20-26(43-44(9,10)31(2,3)4)27-28(42-32(5,6)41-27)30(39-20)40-22-13-16-33(7)21(19-22)11-12-24-23(33)14-17-34(8)25(29(37)38)15-18-35(24,34)36/h20-28,30H,11-19,36H2,1-10H3,(H,37,38)/t20-,21+,22-,23-,24+,25+,26-,27+,28+,30-,33-,34+,35-/m0/s1. The Kier molecular flexibility index (Phi) is 8.13. The molecule has 8 nitrogen and oxygen atoms in total. The summed E-state index contributed by atoms with van der Waals surface area (Å²) in [5.41, 5.74) is 6.85. The monoisotopic (exact) mass is 635 g/mol. The van der Waals surface area contributed by atoms with Crippen LogP contribution in [0.3, 0.4) is 0 Å². The van der Waals surface area contributed by atoms with Crippen molar-refractivity contribution < 1.29 is 33.3 Å². The van der Waals surface area contributed by atoms with E-state index in [2.05, 4.69) is 54.6 Å². The molecule has 0 bridgehead atoms. The maximum absolute atomic E-state index is 12.2. The SMILES string of the molecule is C[C@@H]1O[C@@H](O[C@H]2CC[C@@]3(C)[C@H](CC[C@@H]4[C@@H]3CC[C@]3(C)[C@@H](C(=O)O)CC[C@]43N)C2)[C@@H]2OC(C)(C)O[C@@H]2[C@H]1O[Si](C)(C)C(C)(C)C. The molecule has 4 saturated carbocycles. The molecule has 2 aliphatic heterocycles. The molecule has 13 atom stereocenters. The number of hydrogen-bond acceptors (Lipinski definition) is 7. The third-order valence-electron chi connectivity index (χ3n) is 14.4. The highest BCUT2D eigenvalue weighted by molar-refractivity contribution is 6.74. The van der Waals surface area contributed by atoms with Crippen LogP contribution in [0.25, 0.3) is 0 Å². The molecule has 44 heavy (non-hydrogen) atoms. The van der Waals surface area contributed by atoms with Crippen LogP contribution < -0.4 is 5.73 Å². The van der Waals surface area contributed by atoms with Crippen LogP contribution in [-0.4, -0.2) is 67.5 Å². The number of nitrogens with two attached hydrogens (primary N) is 1. The van der Waals surface area contributed by atoms with Crippen LogP contribution in [0.1, 0.15) is 113 Å². The summed E-state index contributed by atoms with van der Waals surface area (Å²) in [6, 6.07) is 0. The molecule has 0 aromatic carbocycles. The summed E-state index contributed by atoms with van der Waals surface area (Å²) < 4.78 is 33.4. The quantitative estimate of drug-likeness (QED) is 0.249. The lowest BCUT2D eigenvalue weighted by Gasteiger charge is -2.64. The summed E-state index contributed by atoms with van der Waals surface area (Å²) in [5.74, 6) is -0.189. The van der Waals surface area contributed by atoms with Crippen LogP contribution in [-0.2, 0) is 28.2 Å². The van der Waals surface area contributed by atoms with E-state index in [1.807, 2.05) is 13.8 Å². The van der Waals surface area contributed by atoms with Gasteiger partial charge in [-0.25, -0.2) is 0 Å². The Labute approximate surface area is 266 Å². The zero-order valence-corrected chi connectivity index (χ0v) is 30.1. The Morgan fingerprint density at radius 1 is 0.932 bits per heavy atom. The number of ether oxygens (including phenoxy) is 4. The summed E-state index contributed by atoms with van der Waals surface area (Å²) in [7, 11) is -2.07. The zero-order valence-electron chi connectivity index (χ0n) is 29.1. The number of hydrogen-bond donors (Lipinski definition) is 2. The summed E-state index contributed by atoms with van der Waals surface area (Å²) in [6.07, 6.45) is 7.57. The van der Waals surface area contributed by atoms with Gasteiger partial charge < -0.3 is 34.2 Å². The molecule has 6 rings (SSSR count). The van der Waals surface area contributed by atoms with Crippen molar-refractivity contribution in [3.8, 4) is 0 Å². The minimum Gasteiger partial charge on any atom is -0.481 e. The second-order valence-electron chi connectivity index (χ2n) is 18.1. The Hall–Kier alpha value is -0.553. The number of fused-ring (bicyclic) bond motifs is 6. The molecule has 9 heteroatoms. The van der Waals surface area contributed by atoms with Crippen molar-refractivity contribution in [3.63, 3.8) is 0 Å².